The van der Waals surface area contributed by atoms with Crippen LogP contribution in [0, 0.1) is 11.3 Å². The van der Waals surface area contributed by atoms with Crippen LogP contribution in [0.3, 0.4) is 0 Å². The molecule has 1 N–H and O–H groups in total. The first-order valence-electron chi connectivity index (χ1n) is 10.2. The molecule has 0 aromatic heterocycles. The molecule has 3 nitrogen and oxygen atoms in total. The standard InChI is InChI=1S/C23H35NO2/c1-16(2)6-8-18(25)10-11-23(4)21-14-17-7-9-19(26)15-20(17)22(23,3)12-13-24(21)5/h7,9,15-16,21,26H,6,8,10-14H2,1-5H3/t21-,22+,23?/m1/s1. The smallest absolute Gasteiger partial charge is 0.132 e. The molecule has 3 heteroatoms. The number of fused-ring (bicyclic) bond motifs is 4. The largest absolute Gasteiger partial charge is 0.508 e. The van der Waals surface area contributed by atoms with E-state index in [0.717, 1.165) is 32.2 Å². The molecule has 1 saturated heterocycles. The first-order valence-corrected chi connectivity index (χ1v) is 10.2. The normalized spacial score (nSPS) is 31.1. The highest BCUT2D eigenvalue weighted by Gasteiger charge is 2.57. The van der Waals surface area contributed by atoms with Gasteiger partial charge in [-0.05, 0) is 73.9 Å². The van der Waals surface area contributed by atoms with Crippen molar-refractivity contribution in [3.05, 3.63) is 29.3 Å². The van der Waals surface area contributed by atoms with Crippen molar-refractivity contribution in [2.75, 3.05) is 13.6 Å². The summed E-state index contributed by atoms with van der Waals surface area (Å²) in [5.74, 6) is 1.35. The van der Waals surface area contributed by atoms with Gasteiger partial charge in [0.25, 0.3) is 0 Å². The number of piperidine rings is 1. The van der Waals surface area contributed by atoms with Crippen LogP contribution >= 0.6 is 0 Å². The van der Waals surface area contributed by atoms with Crippen molar-refractivity contribution in [3.63, 3.8) is 0 Å². The minimum Gasteiger partial charge on any atom is -0.508 e. The van der Waals surface area contributed by atoms with Gasteiger partial charge < -0.3 is 10.0 Å². The highest BCUT2D eigenvalue weighted by molar-refractivity contribution is 5.78. The average molecular weight is 358 g/mol. The molecular weight excluding hydrogens is 322 g/mol. The Balaban J connectivity index is 1.88. The zero-order chi connectivity index (χ0) is 19.1. The molecular formula is C23H35NO2. The van der Waals surface area contributed by atoms with Crippen LogP contribution in [0.4, 0.5) is 0 Å². The third-order valence-electron chi connectivity index (χ3n) is 7.52. The topological polar surface area (TPSA) is 40.5 Å². The number of hydrogen-bond donors (Lipinski definition) is 1. The van der Waals surface area contributed by atoms with Gasteiger partial charge in [0.2, 0.25) is 0 Å². The van der Waals surface area contributed by atoms with Crippen LogP contribution in [0.1, 0.15) is 70.9 Å². The fraction of sp³-hybridized carbons (Fsp3) is 0.696. The summed E-state index contributed by atoms with van der Waals surface area (Å²) in [5, 5.41) is 10.1. The number of phenolic OH excluding ortho intramolecular Hbond substituents is 1. The molecule has 2 aliphatic rings. The molecule has 144 valence electrons. The van der Waals surface area contributed by atoms with Gasteiger partial charge in [-0.15, -0.1) is 0 Å². The molecule has 1 aliphatic heterocycles. The van der Waals surface area contributed by atoms with Crippen LogP contribution in [0.2, 0.25) is 0 Å². The lowest BCUT2D eigenvalue weighted by atomic mass is 9.49. The maximum atomic E-state index is 12.5. The summed E-state index contributed by atoms with van der Waals surface area (Å²) < 4.78 is 0. The van der Waals surface area contributed by atoms with Crippen LogP contribution in [0.25, 0.3) is 0 Å². The van der Waals surface area contributed by atoms with Crippen molar-refractivity contribution in [1.82, 2.24) is 4.90 Å². The highest BCUT2D eigenvalue weighted by Crippen LogP contribution is 2.58. The van der Waals surface area contributed by atoms with E-state index < -0.39 is 0 Å². The van der Waals surface area contributed by atoms with Crippen molar-refractivity contribution in [2.45, 2.75) is 77.7 Å². The number of hydrogen-bond acceptors (Lipinski definition) is 3. The predicted molar refractivity (Wildman–Crippen MR) is 107 cm³/mol. The lowest BCUT2D eigenvalue weighted by Gasteiger charge is -2.62. The van der Waals surface area contributed by atoms with E-state index in [1.54, 1.807) is 0 Å². The predicted octanol–water partition coefficient (Wildman–Crippen LogP) is 4.70. The Morgan fingerprint density at radius 1 is 1.31 bits per heavy atom. The third-order valence-corrected chi connectivity index (χ3v) is 7.52. The van der Waals surface area contributed by atoms with Gasteiger partial charge in [-0.2, -0.15) is 0 Å². The second kappa shape index (κ2) is 6.99. The molecule has 1 unspecified atom stereocenters. The van der Waals surface area contributed by atoms with Crippen molar-refractivity contribution in [3.8, 4) is 5.75 Å². The van der Waals surface area contributed by atoms with Gasteiger partial charge in [0.1, 0.15) is 11.5 Å². The van der Waals surface area contributed by atoms with E-state index in [9.17, 15) is 9.90 Å². The van der Waals surface area contributed by atoms with Gasteiger partial charge in [-0.1, -0.05) is 33.8 Å². The summed E-state index contributed by atoms with van der Waals surface area (Å²) in [6.45, 7) is 10.2. The lowest BCUT2D eigenvalue weighted by Crippen LogP contribution is -2.64. The fourth-order valence-electron chi connectivity index (χ4n) is 5.40. The summed E-state index contributed by atoms with van der Waals surface area (Å²) in [7, 11) is 2.23. The number of phenols is 1. The molecule has 1 aromatic carbocycles. The van der Waals surface area contributed by atoms with E-state index >= 15 is 0 Å². The molecule has 1 aliphatic carbocycles. The molecule has 26 heavy (non-hydrogen) atoms. The second-order valence-corrected chi connectivity index (χ2v) is 9.51. The summed E-state index contributed by atoms with van der Waals surface area (Å²) in [6.07, 6.45) is 5.41. The zero-order valence-corrected chi connectivity index (χ0v) is 17.1. The Hall–Kier alpha value is -1.35. The minimum absolute atomic E-state index is 0.00876. The van der Waals surface area contributed by atoms with E-state index in [-0.39, 0.29) is 10.8 Å². The summed E-state index contributed by atoms with van der Waals surface area (Å²) in [4.78, 5) is 15.0. The maximum absolute atomic E-state index is 12.5. The zero-order valence-electron chi connectivity index (χ0n) is 17.1. The summed E-state index contributed by atoms with van der Waals surface area (Å²) >= 11 is 0. The van der Waals surface area contributed by atoms with Crippen molar-refractivity contribution < 1.29 is 9.90 Å². The molecule has 2 bridgehead atoms. The SMILES string of the molecule is CC(C)CCC(=O)CCC1(C)[C@H]2Cc3ccc(O)cc3[C@]1(C)CCN2C. The van der Waals surface area contributed by atoms with Gasteiger partial charge in [0.05, 0.1) is 0 Å². The summed E-state index contributed by atoms with van der Waals surface area (Å²) in [6, 6.07) is 6.35. The number of likely N-dealkylation sites (N-methyl/N-ethyl adjacent to an activating group) is 1. The first-order chi connectivity index (χ1) is 12.2. The van der Waals surface area contributed by atoms with Crippen LogP contribution < -0.4 is 0 Å². The monoisotopic (exact) mass is 357 g/mol. The number of rotatable bonds is 6. The van der Waals surface area contributed by atoms with Crippen molar-refractivity contribution in [1.29, 1.82) is 0 Å². The molecule has 3 rings (SSSR count). The van der Waals surface area contributed by atoms with Crippen molar-refractivity contribution in [2.24, 2.45) is 11.3 Å². The van der Waals surface area contributed by atoms with E-state index in [4.69, 9.17) is 0 Å². The number of carbonyl (C=O) groups excluding carboxylic acids is 1. The van der Waals surface area contributed by atoms with Crippen LogP contribution in [-0.4, -0.2) is 35.4 Å². The highest BCUT2D eigenvalue weighted by atomic mass is 16.3. The number of Topliss-reactive ketones (excluding diaryl/α,β-unsaturated/α-hetero) is 1. The fourth-order valence-corrected chi connectivity index (χ4v) is 5.40. The lowest BCUT2D eigenvalue weighted by molar-refractivity contribution is -0.121. The Labute approximate surface area is 158 Å². The van der Waals surface area contributed by atoms with E-state index in [2.05, 4.69) is 45.7 Å². The quantitative estimate of drug-likeness (QED) is 0.802. The van der Waals surface area contributed by atoms with Gasteiger partial charge in [0.15, 0.2) is 0 Å². The molecule has 0 radical (unpaired) electrons. The third kappa shape index (κ3) is 3.19. The van der Waals surface area contributed by atoms with Gasteiger partial charge in [-0.3, -0.25) is 4.79 Å². The number of likely N-dealkylation sites (tertiary alicyclic amines) is 1. The number of nitrogens with zero attached hydrogens (tertiary/aromatic N) is 1. The molecule has 1 aromatic rings. The molecule has 1 heterocycles. The molecule has 1 fully saturated rings. The maximum Gasteiger partial charge on any atom is 0.132 e. The second-order valence-electron chi connectivity index (χ2n) is 9.51. The Bertz CT molecular complexity index is 683. The first kappa shape index (κ1) is 19.4. The minimum atomic E-state index is 0.00876. The average Bonchev–Trinajstić information content (AvgIpc) is 2.59. The Kier molecular flexibility index (Phi) is 5.22. The van der Waals surface area contributed by atoms with Gasteiger partial charge in [0, 0.05) is 24.3 Å². The van der Waals surface area contributed by atoms with Crippen LogP contribution in [0.15, 0.2) is 18.2 Å². The Morgan fingerprint density at radius 2 is 2.04 bits per heavy atom. The van der Waals surface area contributed by atoms with Crippen molar-refractivity contribution >= 4 is 5.78 Å². The Morgan fingerprint density at radius 3 is 2.73 bits per heavy atom. The summed E-state index contributed by atoms with van der Waals surface area (Å²) in [5.41, 5.74) is 2.73. The van der Waals surface area contributed by atoms with E-state index in [1.165, 1.54) is 11.1 Å². The van der Waals surface area contributed by atoms with E-state index in [1.807, 2.05) is 12.1 Å². The van der Waals surface area contributed by atoms with Gasteiger partial charge >= 0.3 is 0 Å². The van der Waals surface area contributed by atoms with Gasteiger partial charge in [-0.25, -0.2) is 0 Å². The number of carbonyl (C=O) groups is 1. The number of benzene rings is 1. The molecule has 3 atom stereocenters. The van der Waals surface area contributed by atoms with Crippen LogP contribution in [-0.2, 0) is 16.6 Å². The number of aromatic hydroxyl groups is 1. The van der Waals surface area contributed by atoms with E-state index in [0.29, 0.717) is 36.3 Å². The molecule has 0 amide bonds. The molecule has 0 saturated carbocycles. The molecule has 0 spiro atoms. The van der Waals surface area contributed by atoms with Crippen LogP contribution in [0.5, 0.6) is 5.75 Å². The number of ketones is 1.